The molecule has 0 aromatic heterocycles. The molecule has 1 aliphatic rings. The molecule has 1 amide bonds. The topological polar surface area (TPSA) is 162 Å². The van der Waals surface area contributed by atoms with E-state index >= 15 is 0 Å². The van der Waals surface area contributed by atoms with Gasteiger partial charge in [-0.2, -0.15) is 13.2 Å². The van der Waals surface area contributed by atoms with Gasteiger partial charge in [0.05, 0.1) is 35.8 Å². The summed E-state index contributed by atoms with van der Waals surface area (Å²) in [5.74, 6) is -2.37. The van der Waals surface area contributed by atoms with Crippen LogP contribution < -0.4 is 10.0 Å². The first-order chi connectivity index (χ1) is 15.5. The molecule has 5 atom stereocenters. The van der Waals surface area contributed by atoms with Gasteiger partial charge in [-0.15, -0.1) is 0 Å². The largest absolute Gasteiger partial charge is 0.467 e. The van der Waals surface area contributed by atoms with Crippen LogP contribution in [0.15, 0.2) is 29.2 Å². The number of hydrogen-bond acceptors (Lipinski definition) is 8. The third kappa shape index (κ3) is 6.24. The number of nitrogens with one attached hydrogen (secondary N) is 2. The van der Waals surface area contributed by atoms with E-state index in [2.05, 4.69) is 10.1 Å². The fourth-order valence-electron chi connectivity index (χ4n) is 3.61. The lowest BCUT2D eigenvalue weighted by Crippen LogP contribution is -2.64. The Balaban J connectivity index is 2.29. The lowest BCUT2D eigenvalue weighted by Gasteiger charge is -2.41. The zero-order valence-corrected chi connectivity index (χ0v) is 19.4. The molecule has 0 radical (unpaired) electrons. The second-order valence-electron chi connectivity index (χ2n) is 8.47. The highest BCUT2D eigenvalue weighted by molar-refractivity contribution is 7.89. The van der Waals surface area contributed by atoms with Gasteiger partial charge in [0.1, 0.15) is 11.6 Å². The monoisotopic (exact) mass is 512 g/mol. The van der Waals surface area contributed by atoms with Gasteiger partial charge in [-0.05, 0) is 24.1 Å². The van der Waals surface area contributed by atoms with E-state index in [4.69, 9.17) is 0 Å². The Bertz CT molecular complexity index is 1020. The molecule has 0 unspecified atom stereocenters. The number of halogens is 3. The number of carbonyl (C=O) groups excluding carboxylic acids is 2. The summed E-state index contributed by atoms with van der Waals surface area (Å²) in [7, 11) is -3.57. The van der Waals surface area contributed by atoms with Crippen molar-refractivity contribution in [3.05, 3.63) is 29.8 Å². The zero-order valence-electron chi connectivity index (χ0n) is 18.5. The maximum Gasteiger partial charge on any atom is 0.416 e. The Morgan fingerprint density at radius 3 is 2.35 bits per heavy atom. The molecule has 0 bridgehead atoms. The summed E-state index contributed by atoms with van der Waals surface area (Å²) >= 11 is 0. The molecule has 1 aromatic carbocycles. The van der Waals surface area contributed by atoms with Crippen molar-refractivity contribution in [2.45, 2.75) is 67.7 Å². The van der Waals surface area contributed by atoms with Crippen molar-refractivity contribution in [2.24, 2.45) is 5.92 Å². The number of aliphatic hydroxyl groups excluding tert-OH is 2. The van der Waals surface area contributed by atoms with Crippen molar-refractivity contribution in [1.29, 1.82) is 0 Å². The predicted molar refractivity (Wildman–Crippen MR) is 111 cm³/mol. The van der Waals surface area contributed by atoms with Crippen LogP contribution in [-0.2, 0) is 30.5 Å². The summed E-state index contributed by atoms with van der Waals surface area (Å²) in [5, 5.41) is 33.6. The van der Waals surface area contributed by atoms with Gasteiger partial charge in [-0.3, -0.25) is 4.79 Å². The van der Waals surface area contributed by atoms with Crippen LogP contribution in [0, 0.1) is 5.92 Å². The lowest BCUT2D eigenvalue weighted by atomic mass is 9.78. The molecule has 10 nitrogen and oxygen atoms in total. The summed E-state index contributed by atoms with van der Waals surface area (Å²) in [6, 6.07) is 0.0303. The summed E-state index contributed by atoms with van der Waals surface area (Å²) in [4.78, 5) is 23.9. The molecule has 1 saturated carbocycles. The first-order valence-corrected chi connectivity index (χ1v) is 11.7. The quantitative estimate of drug-likeness (QED) is 0.317. The van der Waals surface area contributed by atoms with Gasteiger partial charge >= 0.3 is 12.1 Å². The van der Waals surface area contributed by atoms with Gasteiger partial charge in [-0.1, -0.05) is 19.9 Å². The number of esters is 1. The number of alkyl halides is 3. The zero-order chi connectivity index (χ0) is 26.1. The number of carbonyl (C=O) groups is 2. The van der Waals surface area contributed by atoms with Crippen molar-refractivity contribution in [2.75, 3.05) is 7.11 Å². The van der Waals surface area contributed by atoms with Crippen molar-refractivity contribution in [3.63, 3.8) is 0 Å². The Kier molecular flexibility index (Phi) is 8.36. The number of amides is 1. The molecule has 2 rings (SSSR count). The van der Waals surface area contributed by atoms with Crippen molar-refractivity contribution < 1.29 is 51.2 Å². The third-order valence-corrected chi connectivity index (χ3v) is 7.01. The van der Waals surface area contributed by atoms with Gasteiger partial charge in [0.25, 0.3) is 5.91 Å². The standard InChI is InChI=1S/C20H27F3N2O8S/c1-10(2)15(17(28)33-3)24-18(29)19(30)8-13(16(27)14(26)9-19)25-34(31,32)12-6-4-5-11(7-12)20(21,22)23/h4-7,10,13-16,25-27,30H,8-9H2,1-3H3,(H,24,29)/t13-,14+,15+,16+,19-/m0/s1. The number of aliphatic hydroxyl groups is 3. The number of rotatable bonds is 7. The minimum Gasteiger partial charge on any atom is -0.467 e. The Morgan fingerprint density at radius 1 is 1.21 bits per heavy atom. The normalized spacial score (nSPS) is 26.7. The average molecular weight is 513 g/mol. The smallest absolute Gasteiger partial charge is 0.416 e. The maximum atomic E-state index is 13.0. The fourth-order valence-corrected chi connectivity index (χ4v) is 4.90. The van der Waals surface area contributed by atoms with Crippen LogP contribution in [0.25, 0.3) is 0 Å². The number of ether oxygens (including phenoxy) is 1. The van der Waals surface area contributed by atoms with E-state index in [1.807, 2.05) is 4.72 Å². The molecule has 5 N–H and O–H groups in total. The fraction of sp³-hybridized carbons (Fsp3) is 0.600. The van der Waals surface area contributed by atoms with E-state index in [0.29, 0.717) is 12.1 Å². The number of methoxy groups -OCH3 is 1. The first-order valence-electron chi connectivity index (χ1n) is 10.2. The van der Waals surface area contributed by atoms with Crippen molar-refractivity contribution in [3.8, 4) is 0 Å². The number of sulfonamides is 1. The number of hydrogen-bond donors (Lipinski definition) is 5. The molecule has 192 valence electrons. The highest BCUT2D eigenvalue weighted by Crippen LogP contribution is 2.33. The van der Waals surface area contributed by atoms with Crippen LogP contribution in [-0.4, -0.2) is 72.6 Å². The second-order valence-corrected chi connectivity index (χ2v) is 10.2. The highest BCUT2D eigenvalue weighted by atomic mass is 32.2. The highest BCUT2D eigenvalue weighted by Gasteiger charge is 2.50. The van der Waals surface area contributed by atoms with Crippen molar-refractivity contribution >= 4 is 21.9 Å². The minimum atomic E-state index is -4.81. The third-order valence-electron chi connectivity index (χ3n) is 5.52. The first kappa shape index (κ1) is 28.0. The van der Waals surface area contributed by atoms with Crippen LogP contribution >= 0.6 is 0 Å². The van der Waals surface area contributed by atoms with E-state index in [-0.39, 0.29) is 0 Å². The van der Waals surface area contributed by atoms with Gasteiger partial charge in [-0.25, -0.2) is 17.9 Å². The summed E-state index contributed by atoms with van der Waals surface area (Å²) in [5.41, 5.74) is -3.64. The molecule has 0 spiro atoms. The molecule has 1 aromatic rings. The van der Waals surface area contributed by atoms with Gasteiger partial charge in [0.2, 0.25) is 10.0 Å². The maximum absolute atomic E-state index is 13.0. The van der Waals surface area contributed by atoms with Crippen molar-refractivity contribution in [1.82, 2.24) is 10.0 Å². The van der Waals surface area contributed by atoms with Crippen LogP contribution in [0.2, 0.25) is 0 Å². The van der Waals surface area contributed by atoms with Crippen LogP contribution in [0.3, 0.4) is 0 Å². The minimum absolute atomic E-state index is 0.385. The van der Waals surface area contributed by atoms with Crippen LogP contribution in [0.4, 0.5) is 13.2 Å². The molecule has 1 aliphatic carbocycles. The summed E-state index contributed by atoms with van der Waals surface area (Å²) in [6.07, 6.45) is -9.78. The molecule has 1 fully saturated rings. The predicted octanol–water partition coefficient (Wildman–Crippen LogP) is -0.0872. The van der Waals surface area contributed by atoms with E-state index in [9.17, 15) is 46.5 Å². The molecular formula is C20H27F3N2O8S. The molecule has 0 heterocycles. The van der Waals surface area contributed by atoms with Gasteiger partial charge in [0, 0.05) is 12.8 Å². The molecular weight excluding hydrogens is 485 g/mol. The lowest BCUT2D eigenvalue weighted by molar-refractivity contribution is -0.161. The molecule has 0 saturated heterocycles. The second kappa shape index (κ2) is 10.2. The van der Waals surface area contributed by atoms with Gasteiger partial charge in [0.15, 0.2) is 0 Å². The summed E-state index contributed by atoms with van der Waals surface area (Å²) < 4.78 is 70.8. The van der Waals surface area contributed by atoms with E-state index < -0.39 is 87.2 Å². The Labute approximate surface area is 194 Å². The van der Waals surface area contributed by atoms with E-state index in [1.165, 1.54) is 0 Å². The Hall–Kier alpha value is -2.26. The SMILES string of the molecule is COC(=O)[C@H](NC(=O)[C@@]1(O)C[C@@H](O)[C@H](O)[C@@H](NS(=O)(=O)c2cccc(C(F)(F)F)c2)C1)C(C)C. The summed E-state index contributed by atoms with van der Waals surface area (Å²) in [6.45, 7) is 3.19. The molecule has 14 heteroatoms. The Morgan fingerprint density at radius 2 is 1.82 bits per heavy atom. The van der Waals surface area contributed by atoms with Crippen LogP contribution in [0.5, 0.6) is 0 Å². The molecule has 0 aliphatic heterocycles. The van der Waals surface area contributed by atoms with Gasteiger partial charge < -0.3 is 25.4 Å². The van der Waals surface area contributed by atoms with E-state index in [1.54, 1.807) is 13.8 Å². The van der Waals surface area contributed by atoms with E-state index in [0.717, 1.165) is 19.2 Å². The van der Waals surface area contributed by atoms with Crippen LogP contribution in [0.1, 0.15) is 32.3 Å². The number of benzene rings is 1. The molecule has 34 heavy (non-hydrogen) atoms. The average Bonchev–Trinajstić information content (AvgIpc) is 2.73.